The first kappa shape index (κ1) is 17.7. The Balaban J connectivity index is 1.26. The minimum atomic E-state index is -0.655. The van der Waals surface area contributed by atoms with Crippen LogP contribution >= 0.6 is 0 Å². The van der Waals surface area contributed by atoms with Crippen molar-refractivity contribution in [2.75, 3.05) is 13.1 Å². The third kappa shape index (κ3) is 3.31. The summed E-state index contributed by atoms with van der Waals surface area (Å²) < 4.78 is 19.6. The van der Waals surface area contributed by atoms with E-state index >= 15 is 0 Å². The van der Waals surface area contributed by atoms with E-state index in [1.807, 2.05) is 11.8 Å². The van der Waals surface area contributed by atoms with Gasteiger partial charge in [0.15, 0.2) is 5.82 Å². The maximum atomic E-state index is 13.8. The molecule has 2 saturated carbocycles. The van der Waals surface area contributed by atoms with Gasteiger partial charge in [0.1, 0.15) is 6.10 Å². The SMILES string of the molecule is Cc1ccc(F)c(OC2CCC3(CC2)CN(C(=O)[C@H]2C[C@@](C)(O)C2)C3)n1. The van der Waals surface area contributed by atoms with Crippen molar-refractivity contribution in [3.63, 3.8) is 0 Å². The Morgan fingerprint density at radius 3 is 2.58 bits per heavy atom. The maximum Gasteiger partial charge on any atom is 0.250 e. The number of carbonyl (C=O) groups excluding carboxylic acids is 1. The van der Waals surface area contributed by atoms with Gasteiger partial charge in [-0.1, -0.05) is 0 Å². The van der Waals surface area contributed by atoms with E-state index in [0.717, 1.165) is 44.5 Å². The second kappa shape index (κ2) is 6.19. The van der Waals surface area contributed by atoms with Crippen molar-refractivity contribution < 1.29 is 19.0 Å². The largest absolute Gasteiger partial charge is 0.472 e. The minimum Gasteiger partial charge on any atom is -0.472 e. The molecule has 2 heterocycles. The number of aromatic nitrogens is 1. The van der Waals surface area contributed by atoms with Crippen LogP contribution in [-0.2, 0) is 4.79 Å². The Labute approximate surface area is 153 Å². The molecule has 1 amide bonds. The van der Waals surface area contributed by atoms with Gasteiger partial charge >= 0.3 is 0 Å². The van der Waals surface area contributed by atoms with E-state index in [4.69, 9.17) is 4.74 Å². The fraction of sp³-hybridized carbons (Fsp3) is 0.700. The normalized spacial score (nSPS) is 30.6. The van der Waals surface area contributed by atoms with Gasteiger partial charge in [-0.3, -0.25) is 4.79 Å². The summed E-state index contributed by atoms with van der Waals surface area (Å²) in [4.78, 5) is 18.5. The second-order valence-corrected chi connectivity index (χ2v) is 8.85. The highest BCUT2D eigenvalue weighted by Crippen LogP contribution is 2.47. The van der Waals surface area contributed by atoms with Gasteiger partial charge in [-0.15, -0.1) is 0 Å². The van der Waals surface area contributed by atoms with Gasteiger partial charge in [-0.2, -0.15) is 0 Å². The first-order valence-corrected chi connectivity index (χ1v) is 9.56. The number of aliphatic hydroxyl groups is 1. The molecule has 1 aromatic heterocycles. The van der Waals surface area contributed by atoms with E-state index in [9.17, 15) is 14.3 Å². The minimum absolute atomic E-state index is 0.00241. The van der Waals surface area contributed by atoms with E-state index in [1.54, 1.807) is 13.0 Å². The molecule has 2 aliphatic carbocycles. The van der Waals surface area contributed by atoms with E-state index < -0.39 is 11.4 Å². The quantitative estimate of drug-likeness (QED) is 0.898. The number of ether oxygens (including phenoxy) is 1. The Bertz CT molecular complexity index is 697. The molecule has 3 aliphatic rings. The average Bonchev–Trinajstić information content (AvgIpc) is 2.54. The molecule has 26 heavy (non-hydrogen) atoms. The summed E-state index contributed by atoms with van der Waals surface area (Å²) in [5, 5.41) is 9.82. The molecular formula is C20H27FN2O3. The summed E-state index contributed by atoms with van der Waals surface area (Å²) >= 11 is 0. The van der Waals surface area contributed by atoms with E-state index in [1.165, 1.54) is 6.07 Å². The van der Waals surface area contributed by atoms with Crippen molar-refractivity contribution in [2.45, 2.75) is 64.1 Å². The van der Waals surface area contributed by atoms with E-state index in [-0.39, 0.29) is 29.2 Å². The lowest BCUT2D eigenvalue weighted by Gasteiger charge is -2.55. The van der Waals surface area contributed by atoms with Gasteiger partial charge in [0, 0.05) is 30.1 Å². The van der Waals surface area contributed by atoms with Crippen LogP contribution in [0.3, 0.4) is 0 Å². The van der Waals surface area contributed by atoms with Crippen LogP contribution in [0.1, 0.15) is 51.1 Å². The van der Waals surface area contributed by atoms with Crippen LogP contribution in [0.25, 0.3) is 0 Å². The standard InChI is InChI=1S/C20H27FN2O3/c1-13-3-4-16(21)17(22-13)26-15-5-7-20(8-6-15)11-23(12-20)18(24)14-9-19(2,25)10-14/h3-4,14-15,25H,5-12H2,1-2H3/t14-,19+. The molecule has 1 N–H and O–H groups in total. The van der Waals surface area contributed by atoms with Crippen LogP contribution in [0.2, 0.25) is 0 Å². The van der Waals surface area contributed by atoms with Crippen molar-refractivity contribution >= 4 is 5.91 Å². The summed E-state index contributed by atoms with van der Waals surface area (Å²) in [6.07, 6.45) is 4.90. The van der Waals surface area contributed by atoms with Crippen molar-refractivity contribution in [1.82, 2.24) is 9.88 Å². The monoisotopic (exact) mass is 362 g/mol. The van der Waals surface area contributed by atoms with Crippen molar-refractivity contribution in [3.05, 3.63) is 23.6 Å². The molecule has 6 heteroatoms. The molecule has 1 aliphatic heterocycles. The van der Waals surface area contributed by atoms with Gasteiger partial charge in [0.05, 0.1) is 5.60 Å². The van der Waals surface area contributed by atoms with Gasteiger partial charge in [-0.25, -0.2) is 9.37 Å². The summed E-state index contributed by atoms with van der Waals surface area (Å²) in [6.45, 7) is 5.24. The van der Waals surface area contributed by atoms with Crippen LogP contribution < -0.4 is 4.74 Å². The number of halogens is 1. The smallest absolute Gasteiger partial charge is 0.250 e. The van der Waals surface area contributed by atoms with Gasteiger partial charge in [0.2, 0.25) is 5.91 Å². The number of pyridine rings is 1. The lowest BCUT2D eigenvalue weighted by atomic mass is 9.66. The summed E-state index contributed by atoms with van der Waals surface area (Å²) in [6, 6.07) is 3.04. The molecule has 0 unspecified atom stereocenters. The molecule has 0 atom stereocenters. The highest BCUT2D eigenvalue weighted by atomic mass is 19.1. The summed E-state index contributed by atoms with van der Waals surface area (Å²) in [5.74, 6) is -0.106. The van der Waals surface area contributed by atoms with Crippen LogP contribution in [0.5, 0.6) is 5.88 Å². The number of likely N-dealkylation sites (tertiary alicyclic amines) is 1. The molecule has 1 spiro atoms. The van der Waals surface area contributed by atoms with E-state index in [2.05, 4.69) is 4.98 Å². The number of nitrogens with zero attached hydrogens (tertiary/aromatic N) is 2. The third-order valence-corrected chi connectivity index (χ3v) is 6.31. The molecule has 3 fully saturated rings. The molecule has 1 saturated heterocycles. The summed E-state index contributed by atoms with van der Waals surface area (Å²) in [7, 11) is 0. The first-order chi connectivity index (χ1) is 12.3. The number of rotatable bonds is 3. The molecule has 1 aromatic rings. The average molecular weight is 362 g/mol. The zero-order valence-electron chi connectivity index (χ0n) is 15.5. The number of amides is 1. The predicted molar refractivity (Wildman–Crippen MR) is 94.2 cm³/mol. The fourth-order valence-corrected chi connectivity index (χ4v) is 4.75. The molecule has 142 valence electrons. The molecule has 0 bridgehead atoms. The van der Waals surface area contributed by atoms with Crippen LogP contribution in [0.15, 0.2) is 12.1 Å². The fourth-order valence-electron chi connectivity index (χ4n) is 4.75. The lowest BCUT2D eigenvalue weighted by molar-refractivity contribution is -0.164. The third-order valence-electron chi connectivity index (χ3n) is 6.31. The first-order valence-electron chi connectivity index (χ1n) is 9.56. The second-order valence-electron chi connectivity index (χ2n) is 8.85. The zero-order chi connectivity index (χ0) is 18.5. The molecule has 4 rings (SSSR count). The Morgan fingerprint density at radius 2 is 1.96 bits per heavy atom. The summed E-state index contributed by atoms with van der Waals surface area (Å²) in [5.41, 5.74) is 0.300. The van der Waals surface area contributed by atoms with Crippen LogP contribution in [0, 0.1) is 24.1 Å². The zero-order valence-corrected chi connectivity index (χ0v) is 15.5. The predicted octanol–water partition coefficient (Wildman–Crippen LogP) is 2.84. The maximum absolute atomic E-state index is 13.8. The topological polar surface area (TPSA) is 62.7 Å². The van der Waals surface area contributed by atoms with Gasteiger partial charge in [0.25, 0.3) is 5.88 Å². The molecule has 0 aromatic carbocycles. The van der Waals surface area contributed by atoms with Gasteiger partial charge < -0.3 is 14.7 Å². The number of carbonyl (C=O) groups is 1. The number of hydrogen-bond donors (Lipinski definition) is 1. The number of aryl methyl sites for hydroxylation is 1. The molecule has 5 nitrogen and oxygen atoms in total. The molecular weight excluding hydrogens is 335 g/mol. The number of hydrogen-bond acceptors (Lipinski definition) is 4. The Hall–Kier alpha value is -1.69. The lowest BCUT2D eigenvalue weighted by Crippen LogP contribution is -2.63. The van der Waals surface area contributed by atoms with Crippen molar-refractivity contribution in [1.29, 1.82) is 0 Å². The van der Waals surface area contributed by atoms with Crippen LogP contribution in [0.4, 0.5) is 4.39 Å². The van der Waals surface area contributed by atoms with Crippen molar-refractivity contribution in [3.8, 4) is 5.88 Å². The van der Waals surface area contributed by atoms with Gasteiger partial charge in [-0.05, 0) is 64.5 Å². The molecule has 0 radical (unpaired) electrons. The highest BCUT2D eigenvalue weighted by Gasteiger charge is 2.51. The Morgan fingerprint density at radius 1 is 1.31 bits per heavy atom. The Kier molecular flexibility index (Phi) is 4.21. The van der Waals surface area contributed by atoms with E-state index in [0.29, 0.717) is 12.8 Å². The highest BCUT2D eigenvalue weighted by molar-refractivity contribution is 5.81. The van der Waals surface area contributed by atoms with Crippen molar-refractivity contribution in [2.24, 2.45) is 11.3 Å². The van der Waals surface area contributed by atoms with Crippen LogP contribution in [-0.4, -0.2) is 45.7 Å².